The Kier molecular flexibility index (Phi) is 3.86. The van der Waals surface area contributed by atoms with E-state index in [9.17, 15) is 14.9 Å². The number of halogens is 1. The number of benzene rings is 2. The second-order valence-electron chi connectivity index (χ2n) is 3.80. The van der Waals surface area contributed by atoms with E-state index in [0.29, 0.717) is 5.02 Å². The summed E-state index contributed by atoms with van der Waals surface area (Å²) in [5.41, 5.74) is -0.428. The van der Waals surface area contributed by atoms with Crippen LogP contribution in [0.3, 0.4) is 0 Å². The van der Waals surface area contributed by atoms with Gasteiger partial charge in [0.05, 0.1) is 10.5 Å². The molecule has 2 aromatic carbocycles. The predicted molar refractivity (Wildman–Crippen MR) is 71.6 cm³/mol. The van der Waals surface area contributed by atoms with Crippen molar-refractivity contribution in [2.24, 2.45) is 0 Å². The van der Waals surface area contributed by atoms with Gasteiger partial charge >= 0.3 is 11.7 Å². The average molecular weight is 294 g/mol. The van der Waals surface area contributed by atoms with Crippen molar-refractivity contribution in [1.29, 1.82) is 0 Å². The molecule has 0 heterocycles. The van der Waals surface area contributed by atoms with Crippen molar-refractivity contribution in [2.75, 3.05) is 0 Å². The maximum atomic E-state index is 10.9. The zero-order valence-electron chi connectivity index (χ0n) is 9.95. The molecule has 0 atom stereocenters. The lowest BCUT2D eigenvalue weighted by Gasteiger charge is -2.07. The Hall–Kier alpha value is -2.60. The summed E-state index contributed by atoms with van der Waals surface area (Å²) in [5.74, 6) is -1.07. The molecule has 0 aromatic heterocycles. The second-order valence-corrected chi connectivity index (χ2v) is 4.24. The molecule has 20 heavy (non-hydrogen) atoms. The first-order valence-corrected chi connectivity index (χ1v) is 5.80. The summed E-state index contributed by atoms with van der Waals surface area (Å²) in [6.45, 7) is 0. The SMILES string of the molecule is O=C(O)c1ccc([N+](=O)[O-])c(Oc2cccc(Cl)c2)c1. The van der Waals surface area contributed by atoms with Gasteiger partial charge in [-0.15, -0.1) is 0 Å². The van der Waals surface area contributed by atoms with Crippen LogP contribution in [0.4, 0.5) is 5.69 Å². The van der Waals surface area contributed by atoms with Gasteiger partial charge in [0, 0.05) is 17.2 Å². The minimum Gasteiger partial charge on any atom is -0.478 e. The Morgan fingerprint density at radius 3 is 2.60 bits per heavy atom. The molecule has 0 saturated heterocycles. The van der Waals surface area contributed by atoms with Crippen LogP contribution in [0.1, 0.15) is 10.4 Å². The summed E-state index contributed by atoms with van der Waals surface area (Å²) in [6, 6.07) is 9.60. The zero-order valence-corrected chi connectivity index (χ0v) is 10.7. The standard InChI is InChI=1S/C13H8ClNO5/c14-9-2-1-3-10(7-9)20-12-6-8(13(16)17)4-5-11(12)15(18)19/h1-7H,(H,16,17). The van der Waals surface area contributed by atoms with Crippen LogP contribution < -0.4 is 4.74 Å². The Balaban J connectivity index is 2.44. The van der Waals surface area contributed by atoms with Crippen LogP contribution in [0.2, 0.25) is 5.02 Å². The van der Waals surface area contributed by atoms with Crippen LogP contribution in [0.5, 0.6) is 11.5 Å². The fourth-order valence-corrected chi connectivity index (χ4v) is 1.72. The third kappa shape index (κ3) is 3.04. The molecule has 0 spiro atoms. The molecule has 0 unspecified atom stereocenters. The fraction of sp³-hybridized carbons (Fsp3) is 0. The quantitative estimate of drug-likeness (QED) is 0.685. The van der Waals surface area contributed by atoms with Gasteiger partial charge in [0.15, 0.2) is 0 Å². The molecule has 0 aliphatic carbocycles. The van der Waals surface area contributed by atoms with Crippen LogP contribution >= 0.6 is 11.6 Å². The molecule has 0 fully saturated rings. The molecular formula is C13H8ClNO5. The Morgan fingerprint density at radius 2 is 2.00 bits per heavy atom. The average Bonchev–Trinajstić information content (AvgIpc) is 2.38. The van der Waals surface area contributed by atoms with E-state index < -0.39 is 10.9 Å². The highest BCUT2D eigenvalue weighted by atomic mass is 35.5. The molecule has 0 aliphatic rings. The van der Waals surface area contributed by atoms with Crippen molar-refractivity contribution in [3.8, 4) is 11.5 Å². The van der Waals surface area contributed by atoms with Crippen LogP contribution in [0, 0.1) is 10.1 Å². The number of aromatic carboxylic acids is 1. The second kappa shape index (κ2) is 5.58. The lowest BCUT2D eigenvalue weighted by atomic mass is 10.2. The van der Waals surface area contributed by atoms with Gasteiger partial charge in [-0.25, -0.2) is 4.79 Å². The van der Waals surface area contributed by atoms with E-state index in [1.54, 1.807) is 18.2 Å². The third-order valence-electron chi connectivity index (χ3n) is 2.43. The first-order chi connectivity index (χ1) is 9.47. The number of nitrogens with zero attached hydrogens (tertiary/aromatic N) is 1. The van der Waals surface area contributed by atoms with Crippen molar-refractivity contribution >= 4 is 23.3 Å². The highest BCUT2D eigenvalue weighted by molar-refractivity contribution is 6.30. The highest BCUT2D eigenvalue weighted by Crippen LogP contribution is 2.33. The number of carboxylic acid groups (broad SMARTS) is 1. The number of nitro groups is 1. The number of rotatable bonds is 4. The third-order valence-corrected chi connectivity index (χ3v) is 2.66. The number of carboxylic acids is 1. The van der Waals surface area contributed by atoms with Gasteiger partial charge in [-0.05, 0) is 24.3 Å². The number of nitro benzene ring substituents is 1. The Bertz CT molecular complexity index is 686. The van der Waals surface area contributed by atoms with Gasteiger partial charge in [0.25, 0.3) is 0 Å². The molecule has 0 saturated carbocycles. The molecular weight excluding hydrogens is 286 g/mol. The molecule has 0 amide bonds. The highest BCUT2D eigenvalue weighted by Gasteiger charge is 2.18. The van der Waals surface area contributed by atoms with Crippen molar-refractivity contribution in [1.82, 2.24) is 0 Å². The van der Waals surface area contributed by atoms with Gasteiger partial charge in [0.1, 0.15) is 5.75 Å². The number of hydrogen-bond acceptors (Lipinski definition) is 4. The summed E-state index contributed by atoms with van der Waals surface area (Å²) in [5, 5.41) is 20.2. The molecule has 102 valence electrons. The summed E-state index contributed by atoms with van der Waals surface area (Å²) in [7, 11) is 0. The van der Waals surface area contributed by atoms with Crippen molar-refractivity contribution in [3.05, 3.63) is 63.2 Å². The minimum absolute atomic E-state index is 0.104. The molecule has 1 N–H and O–H groups in total. The van der Waals surface area contributed by atoms with E-state index in [4.69, 9.17) is 21.4 Å². The summed E-state index contributed by atoms with van der Waals surface area (Å²) in [6.07, 6.45) is 0. The van der Waals surface area contributed by atoms with Gasteiger partial charge in [-0.1, -0.05) is 17.7 Å². The van der Waals surface area contributed by atoms with Crippen LogP contribution in [0.25, 0.3) is 0 Å². The number of carbonyl (C=O) groups is 1. The first kappa shape index (κ1) is 13.8. The predicted octanol–water partition coefficient (Wildman–Crippen LogP) is 3.74. The monoisotopic (exact) mass is 293 g/mol. The number of hydrogen-bond donors (Lipinski definition) is 1. The van der Waals surface area contributed by atoms with Gasteiger partial charge in [0.2, 0.25) is 5.75 Å². The minimum atomic E-state index is -1.20. The maximum Gasteiger partial charge on any atom is 0.335 e. The van der Waals surface area contributed by atoms with E-state index in [2.05, 4.69) is 0 Å². The van der Waals surface area contributed by atoms with Gasteiger partial charge in [-0.2, -0.15) is 0 Å². The molecule has 0 bridgehead atoms. The van der Waals surface area contributed by atoms with E-state index >= 15 is 0 Å². The molecule has 7 heteroatoms. The topological polar surface area (TPSA) is 89.7 Å². The Labute approximate surface area is 118 Å². The summed E-state index contributed by atoms with van der Waals surface area (Å²) < 4.78 is 5.35. The first-order valence-electron chi connectivity index (χ1n) is 5.42. The molecule has 6 nitrogen and oxygen atoms in total. The molecule has 2 aromatic rings. The lowest BCUT2D eigenvalue weighted by molar-refractivity contribution is -0.385. The zero-order chi connectivity index (χ0) is 14.7. The van der Waals surface area contributed by atoms with Crippen molar-refractivity contribution in [2.45, 2.75) is 0 Å². The van der Waals surface area contributed by atoms with E-state index in [1.807, 2.05) is 0 Å². The Morgan fingerprint density at radius 1 is 1.25 bits per heavy atom. The molecule has 2 rings (SSSR count). The largest absolute Gasteiger partial charge is 0.478 e. The fourth-order valence-electron chi connectivity index (χ4n) is 1.54. The van der Waals surface area contributed by atoms with Crippen molar-refractivity contribution < 1.29 is 19.6 Å². The van der Waals surface area contributed by atoms with E-state index in [-0.39, 0.29) is 22.7 Å². The normalized spacial score (nSPS) is 10.1. The molecule has 0 radical (unpaired) electrons. The smallest absolute Gasteiger partial charge is 0.335 e. The summed E-state index contributed by atoms with van der Waals surface area (Å²) in [4.78, 5) is 21.2. The van der Waals surface area contributed by atoms with Crippen LogP contribution in [-0.4, -0.2) is 16.0 Å². The van der Waals surface area contributed by atoms with Gasteiger partial charge < -0.3 is 9.84 Å². The van der Waals surface area contributed by atoms with E-state index in [1.165, 1.54) is 6.07 Å². The molecule has 0 aliphatic heterocycles. The van der Waals surface area contributed by atoms with Gasteiger partial charge in [-0.3, -0.25) is 10.1 Å². The number of ether oxygens (including phenoxy) is 1. The lowest BCUT2D eigenvalue weighted by Crippen LogP contribution is -1.99. The summed E-state index contributed by atoms with van der Waals surface area (Å²) >= 11 is 5.79. The van der Waals surface area contributed by atoms with Crippen LogP contribution in [0.15, 0.2) is 42.5 Å². The van der Waals surface area contributed by atoms with E-state index in [0.717, 1.165) is 18.2 Å². The van der Waals surface area contributed by atoms with Crippen LogP contribution in [-0.2, 0) is 0 Å². The maximum absolute atomic E-state index is 10.9. The van der Waals surface area contributed by atoms with Crippen molar-refractivity contribution in [3.63, 3.8) is 0 Å².